The molecule has 0 aliphatic rings. The molecule has 0 fully saturated rings. The van der Waals surface area contributed by atoms with Crippen molar-refractivity contribution in [3.8, 4) is 0 Å². The monoisotopic (exact) mass is 774 g/mol. The van der Waals surface area contributed by atoms with Crippen LogP contribution >= 0.6 is 92.0 Å². The fourth-order valence-electron chi connectivity index (χ4n) is 4.06. The maximum atomic E-state index is 11.0. The molecule has 6 rings (SSSR count). The highest BCUT2D eigenvalue weighted by atomic mass is 35.5. The number of carboxylic acids is 1. The van der Waals surface area contributed by atoms with E-state index in [0.717, 1.165) is 42.8 Å². The minimum atomic E-state index is -0.974. The number of fused-ring (bicyclic) bond motifs is 3. The van der Waals surface area contributed by atoms with E-state index in [1.165, 1.54) is 40.9 Å². The molecular formula is C30H19Cl5N2O6S3. The molecule has 0 spiro atoms. The van der Waals surface area contributed by atoms with Crippen LogP contribution in [0, 0.1) is 17.0 Å². The largest absolute Gasteiger partial charge is 0.477 e. The second kappa shape index (κ2) is 14.8. The molecule has 0 saturated carbocycles. The predicted octanol–water partition coefficient (Wildman–Crippen LogP) is 11.4. The van der Waals surface area contributed by atoms with E-state index in [-0.39, 0.29) is 20.5 Å². The third-order valence-electron chi connectivity index (χ3n) is 6.29. The Morgan fingerprint density at radius 2 is 1.15 bits per heavy atom. The third kappa shape index (κ3) is 7.75. The van der Waals surface area contributed by atoms with Crippen molar-refractivity contribution in [2.45, 2.75) is 6.92 Å². The number of aromatic carboxylic acids is 1. The van der Waals surface area contributed by atoms with E-state index in [4.69, 9.17) is 63.1 Å². The van der Waals surface area contributed by atoms with Crippen LogP contribution in [-0.2, 0) is 0 Å². The normalized spacial score (nSPS) is 10.7. The van der Waals surface area contributed by atoms with Gasteiger partial charge >= 0.3 is 5.97 Å². The summed E-state index contributed by atoms with van der Waals surface area (Å²) >= 11 is 32.3. The Labute approximate surface area is 298 Å². The van der Waals surface area contributed by atoms with Crippen LogP contribution in [0.5, 0.6) is 0 Å². The standard InChI is InChI=1S/C11H10ClNO2S.C10H6Cl2OS.C9H3Cl2NO3S/c1-13(2)6-3-4-7-8(5-6)16-10(9(7)12)11(14)15;1-5-2-3-6-7(4-5)14-9(8(6)11)10(12)13;10-7-5-2-1-4(12(14)15)3-6(5)16-8(7)9(11)13/h3-5H,1-2H3,(H,14,15);2-4H,1H3;1-3H. The molecule has 0 radical (unpaired) electrons. The molecule has 0 aliphatic heterocycles. The maximum Gasteiger partial charge on any atom is 0.347 e. The van der Waals surface area contributed by atoms with E-state index in [1.807, 2.05) is 62.3 Å². The minimum absolute atomic E-state index is 0.0426. The van der Waals surface area contributed by atoms with Crippen molar-refractivity contribution in [1.82, 2.24) is 0 Å². The average Bonchev–Trinajstić information content (AvgIpc) is 3.63. The van der Waals surface area contributed by atoms with Crippen molar-refractivity contribution in [1.29, 1.82) is 0 Å². The summed E-state index contributed by atoms with van der Waals surface area (Å²) in [6.07, 6.45) is 0. The highest BCUT2D eigenvalue weighted by Gasteiger charge is 2.18. The smallest absolute Gasteiger partial charge is 0.347 e. The molecule has 8 nitrogen and oxygen atoms in total. The van der Waals surface area contributed by atoms with Gasteiger partial charge in [0.15, 0.2) is 0 Å². The number of hydrogen-bond donors (Lipinski definition) is 1. The molecule has 0 aliphatic carbocycles. The zero-order valence-corrected chi connectivity index (χ0v) is 29.9. The molecule has 3 aromatic heterocycles. The number of carboxylic acid groups (broad SMARTS) is 1. The molecular weight excluding hydrogens is 758 g/mol. The van der Waals surface area contributed by atoms with E-state index in [0.29, 0.717) is 25.0 Å². The molecule has 46 heavy (non-hydrogen) atoms. The first-order chi connectivity index (χ1) is 21.6. The highest BCUT2D eigenvalue weighted by Crippen LogP contribution is 2.39. The molecule has 0 bridgehead atoms. The zero-order valence-electron chi connectivity index (χ0n) is 23.7. The summed E-state index contributed by atoms with van der Waals surface area (Å²) in [6.45, 7) is 2.00. The second-order valence-corrected chi connectivity index (χ2v) is 14.6. The molecule has 0 unspecified atom stereocenters. The summed E-state index contributed by atoms with van der Waals surface area (Å²) in [6, 6.07) is 15.8. The molecule has 6 aromatic rings. The lowest BCUT2D eigenvalue weighted by atomic mass is 10.2. The van der Waals surface area contributed by atoms with E-state index in [2.05, 4.69) is 0 Å². The lowest BCUT2D eigenvalue weighted by Gasteiger charge is -2.11. The molecule has 3 aromatic carbocycles. The van der Waals surface area contributed by atoms with Crippen LogP contribution in [0.4, 0.5) is 11.4 Å². The first kappa shape index (κ1) is 35.8. The minimum Gasteiger partial charge on any atom is -0.477 e. The molecule has 0 amide bonds. The Kier molecular flexibility index (Phi) is 11.6. The summed E-state index contributed by atoms with van der Waals surface area (Å²) < 4.78 is 2.47. The summed E-state index contributed by atoms with van der Waals surface area (Å²) in [4.78, 5) is 45.8. The van der Waals surface area contributed by atoms with Gasteiger partial charge in [0, 0.05) is 62.2 Å². The van der Waals surface area contributed by atoms with Gasteiger partial charge in [-0.1, -0.05) is 46.9 Å². The van der Waals surface area contributed by atoms with E-state index < -0.39 is 21.4 Å². The van der Waals surface area contributed by atoms with Crippen LogP contribution in [0.1, 0.15) is 34.6 Å². The number of carbonyl (C=O) groups is 3. The van der Waals surface area contributed by atoms with Gasteiger partial charge in [0.1, 0.15) is 14.6 Å². The molecule has 3 heterocycles. The number of non-ortho nitro benzene ring substituents is 1. The van der Waals surface area contributed by atoms with Gasteiger partial charge < -0.3 is 10.0 Å². The Bertz CT molecular complexity index is 2170. The fourth-order valence-corrected chi connectivity index (χ4v) is 8.79. The van der Waals surface area contributed by atoms with Gasteiger partial charge in [0.25, 0.3) is 16.2 Å². The highest BCUT2D eigenvalue weighted by molar-refractivity contribution is 7.23. The van der Waals surface area contributed by atoms with Gasteiger partial charge in [-0.3, -0.25) is 19.7 Å². The summed E-state index contributed by atoms with van der Waals surface area (Å²) in [5.41, 5.74) is 2.13. The number of nitro benzene ring substituents is 1. The first-order valence-electron chi connectivity index (χ1n) is 12.7. The van der Waals surface area contributed by atoms with Crippen molar-refractivity contribution in [3.05, 3.63) is 100.0 Å². The summed E-state index contributed by atoms with van der Waals surface area (Å²) in [5.74, 6) is -0.974. The van der Waals surface area contributed by atoms with Crippen molar-refractivity contribution < 1.29 is 24.4 Å². The number of aryl methyl sites for hydroxylation is 1. The van der Waals surface area contributed by atoms with Crippen molar-refractivity contribution in [3.63, 3.8) is 0 Å². The average molecular weight is 777 g/mol. The second-order valence-electron chi connectivity index (χ2n) is 9.60. The Morgan fingerprint density at radius 3 is 1.63 bits per heavy atom. The van der Waals surface area contributed by atoms with Crippen molar-refractivity contribution in [2.24, 2.45) is 0 Å². The molecule has 0 saturated heterocycles. The number of thiophene rings is 3. The van der Waals surface area contributed by atoms with Gasteiger partial charge in [0.05, 0.1) is 20.0 Å². The number of rotatable bonds is 5. The number of nitro groups is 1. The van der Waals surface area contributed by atoms with Crippen LogP contribution in [0.15, 0.2) is 54.6 Å². The van der Waals surface area contributed by atoms with Crippen molar-refractivity contribution in [2.75, 3.05) is 19.0 Å². The van der Waals surface area contributed by atoms with E-state index in [9.17, 15) is 24.5 Å². The van der Waals surface area contributed by atoms with Gasteiger partial charge in [-0.2, -0.15) is 0 Å². The van der Waals surface area contributed by atoms with Gasteiger partial charge in [-0.15, -0.1) is 34.0 Å². The number of hydrogen-bond acceptors (Lipinski definition) is 9. The molecule has 238 valence electrons. The lowest BCUT2D eigenvalue weighted by molar-refractivity contribution is -0.384. The number of halogens is 5. The number of anilines is 1. The predicted molar refractivity (Wildman–Crippen MR) is 194 cm³/mol. The Morgan fingerprint density at radius 1 is 0.717 bits per heavy atom. The first-order valence-corrected chi connectivity index (χ1v) is 17.0. The maximum absolute atomic E-state index is 11.0. The zero-order chi connectivity index (χ0) is 34.0. The van der Waals surface area contributed by atoms with Gasteiger partial charge in [-0.25, -0.2) is 4.79 Å². The van der Waals surface area contributed by atoms with Crippen molar-refractivity contribution >= 4 is 150 Å². The number of benzene rings is 3. The SMILES string of the molecule is CN(C)c1ccc2c(Cl)c(C(=O)O)sc2c1.Cc1ccc2c(Cl)c(C(=O)Cl)sc2c1.O=C(Cl)c1sc2cc([N+](=O)[O-])ccc2c1Cl. The van der Waals surface area contributed by atoms with E-state index >= 15 is 0 Å². The molecule has 0 atom stereocenters. The summed E-state index contributed by atoms with van der Waals surface area (Å²) in [5, 5.41) is 21.7. The van der Waals surface area contributed by atoms with Crippen LogP contribution in [0.25, 0.3) is 30.3 Å². The van der Waals surface area contributed by atoms with Gasteiger partial charge in [-0.05, 0) is 66.0 Å². The Hall–Kier alpha value is -3.00. The quantitative estimate of drug-likeness (QED) is 0.105. The van der Waals surface area contributed by atoms with Crippen LogP contribution in [0.2, 0.25) is 15.1 Å². The Balaban J connectivity index is 0.000000157. The molecule has 16 heteroatoms. The van der Waals surface area contributed by atoms with Crippen LogP contribution in [-0.4, -0.2) is 40.6 Å². The van der Waals surface area contributed by atoms with Crippen LogP contribution in [0.3, 0.4) is 0 Å². The number of nitrogens with zero attached hydrogens (tertiary/aromatic N) is 2. The lowest BCUT2D eigenvalue weighted by Crippen LogP contribution is -2.07. The van der Waals surface area contributed by atoms with Gasteiger partial charge in [0.2, 0.25) is 0 Å². The fraction of sp³-hybridized carbons (Fsp3) is 0.100. The van der Waals surface area contributed by atoms with Crippen LogP contribution < -0.4 is 4.90 Å². The number of carbonyl (C=O) groups excluding carboxylic acids is 2. The summed E-state index contributed by atoms with van der Waals surface area (Å²) in [7, 11) is 3.88. The third-order valence-corrected chi connectivity index (χ3v) is 11.8. The molecule has 1 N–H and O–H groups in total. The van der Waals surface area contributed by atoms with E-state index in [1.54, 1.807) is 0 Å². The topological polar surface area (TPSA) is 118 Å².